The maximum absolute atomic E-state index is 5.49. The van der Waals surface area contributed by atoms with E-state index in [0.29, 0.717) is 4.99 Å². The molecule has 1 aromatic carbocycles. The predicted octanol–water partition coefficient (Wildman–Crippen LogP) is 2.39. The topological polar surface area (TPSA) is 26.0 Å². The summed E-state index contributed by atoms with van der Waals surface area (Å²) < 4.78 is 1.04. The Hall–Kier alpha value is -0.410. The van der Waals surface area contributed by atoms with Gasteiger partial charge in [0.15, 0.2) is 0 Å². The van der Waals surface area contributed by atoms with Gasteiger partial charge in [0.2, 0.25) is 0 Å². The molecule has 0 radical (unpaired) electrons. The first-order chi connectivity index (χ1) is 5.13. The zero-order chi connectivity index (χ0) is 8.43. The number of nitrogens with two attached hydrogens (primary N) is 1. The molecule has 0 bridgehead atoms. The lowest BCUT2D eigenvalue weighted by Gasteiger charge is -2.04. The average molecular weight is 230 g/mol. The molecule has 0 spiro atoms. The van der Waals surface area contributed by atoms with Crippen LogP contribution in [0, 0.1) is 6.92 Å². The van der Waals surface area contributed by atoms with Crippen LogP contribution in [0.2, 0.25) is 0 Å². The number of hydrogen-bond acceptors (Lipinski definition) is 1. The molecule has 0 atom stereocenters. The lowest BCUT2D eigenvalue weighted by molar-refractivity contribution is 1.40. The number of hydrogen-bond donors (Lipinski definition) is 1. The van der Waals surface area contributed by atoms with Crippen LogP contribution in [0.3, 0.4) is 0 Å². The Bertz CT molecular complexity index is 296. The highest BCUT2D eigenvalue weighted by molar-refractivity contribution is 9.10. The van der Waals surface area contributed by atoms with Crippen molar-refractivity contribution in [3.63, 3.8) is 0 Å². The van der Waals surface area contributed by atoms with Crippen LogP contribution in [0.4, 0.5) is 0 Å². The Balaban J connectivity index is 3.27. The van der Waals surface area contributed by atoms with E-state index in [1.807, 2.05) is 25.1 Å². The maximum atomic E-state index is 5.49. The zero-order valence-corrected chi connectivity index (χ0v) is 8.50. The zero-order valence-electron chi connectivity index (χ0n) is 6.10. The van der Waals surface area contributed by atoms with Crippen LogP contribution in [-0.2, 0) is 0 Å². The van der Waals surface area contributed by atoms with Crippen molar-refractivity contribution in [2.45, 2.75) is 6.92 Å². The fraction of sp³-hybridized carbons (Fsp3) is 0.125. The number of benzene rings is 1. The molecule has 0 saturated heterocycles. The SMILES string of the molecule is Cc1c(Br)cccc1C(N)=S. The third-order valence-electron chi connectivity index (χ3n) is 1.53. The van der Waals surface area contributed by atoms with E-state index in [9.17, 15) is 0 Å². The fourth-order valence-corrected chi connectivity index (χ4v) is 1.46. The van der Waals surface area contributed by atoms with Gasteiger partial charge in [0.05, 0.1) is 0 Å². The molecule has 1 nitrogen and oxygen atoms in total. The van der Waals surface area contributed by atoms with Crippen LogP contribution in [-0.4, -0.2) is 4.99 Å². The quantitative estimate of drug-likeness (QED) is 0.749. The van der Waals surface area contributed by atoms with Crippen LogP contribution in [0.25, 0.3) is 0 Å². The van der Waals surface area contributed by atoms with Crippen molar-refractivity contribution in [1.29, 1.82) is 0 Å². The highest BCUT2D eigenvalue weighted by Gasteiger charge is 2.02. The summed E-state index contributed by atoms with van der Waals surface area (Å²) in [5.41, 5.74) is 7.53. The Kier molecular flexibility index (Phi) is 2.62. The van der Waals surface area contributed by atoms with Crippen LogP contribution < -0.4 is 5.73 Å². The van der Waals surface area contributed by atoms with Gasteiger partial charge in [-0.25, -0.2) is 0 Å². The molecule has 0 aliphatic carbocycles. The second-order valence-corrected chi connectivity index (χ2v) is 3.57. The third kappa shape index (κ3) is 1.79. The first-order valence-electron chi connectivity index (χ1n) is 3.18. The van der Waals surface area contributed by atoms with Crippen molar-refractivity contribution < 1.29 is 0 Å². The van der Waals surface area contributed by atoms with Gasteiger partial charge in [0, 0.05) is 10.0 Å². The molecular weight excluding hydrogens is 222 g/mol. The first-order valence-corrected chi connectivity index (χ1v) is 4.38. The standard InChI is InChI=1S/C8H8BrNS/c1-5-6(8(10)11)3-2-4-7(5)9/h2-4H,1H3,(H2,10,11). The summed E-state index contributed by atoms with van der Waals surface area (Å²) >= 11 is 8.27. The Labute approximate surface area is 79.7 Å². The van der Waals surface area contributed by atoms with Crippen LogP contribution >= 0.6 is 28.1 Å². The summed E-state index contributed by atoms with van der Waals surface area (Å²) in [6.45, 7) is 1.98. The minimum atomic E-state index is 0.448. The molecule has 0 amide bonds. The molecule has 0 unspecified atom stereocenters. The number of rotatable bonds is 1. The highest BCUT2D eigenvalue weighted by atomic mass is 79.9. The largest absolute Gasteiger partial charge is 0.389 e. The van der Waals surface area contributed by atoms with E-state index in [-0.39, 0.29) is 0 Å². The molecule has 0 fully saturated rings. The highest BCUT2D eigenvalue weighted by Crippen LogP contribution is 2.18. The molecule has 0 aliphatic rings. The van der Waals surface area contributed by atoms with E-state index in [0.717, 1.165) is 15.6 Å². The summed E-state index contributed by atoms with van der Waals surface area (Å²) in [5.74, 6) is 0. The van der Waals surface area contributed by atoms with Crippen LogP contribution in [0.1, 0.15) is 11.1 Å². The van der Waals surface area contributed by atoms with Gasteiger partial charge in [-0.3, -0.25) is 0 Å². The van der Waals surface area contributed by atoms with Gasteiger partial charge in [0.1, 0.15) is 4.99 Å². The predicted molar refractivity (Wildman–Crippen MR) is 54.8 cm³/mol. The van der Waals surface area contributed by atoms with Crippen molar-refractivity contribution in [1.82, 2.24) is 0 Å². The molecule has 0 heterocycles. The van der Waals surface area contributed by atoms with Gasteiger partial charge < -0.3 is 5.73 Å². The van der Waals surface area contributed by atoms with E-state index in [1.54, 1.807) is 0 Å². The molecule has 58 valence electrons. The minimum absolute atomic E-state index is 0.448. The summed E-state index contributed by atoms with van der Waals surface area (Å²) in [7, 11) is 0. The van der Waals surface area contributed by atoms with Crippen molar-refractivity contribution >= 4 is 33.1 Å². The van der Waals surface area contributed by atoms with Gasteiger partial charge in [0.25, 0.3) is 0 Å². The average Bonchev–Trinajstić information content (AvgIpc) is 1.94. The number of halogens is 1. The molecule has 3 heteroatoms. The van der Waals surface area contributed by atoms with Crippen LogP contribution in [0.15, 0.2) is 22.7 Å². The lowest BCUT2D eigenvalue weighted by Crippen LogP contribution is -2.10. The van der Waals surface area contributed by atoms with Crippen LogP contribution in [0.5, 0.6) is 0 Å². The van der Waals surface area contributed by atoms with Gasteiger partial charge in [-0.2, -0.15) is 0 Å². The van der Waals surface area contributed by atoms with Crippen molar-refractivity contribution in [2.24, 2.45) is 5.73 Å². The van der Waals surface area contributed by atoms with Gasteiger partial charge in [-0.1, -0.05) is 40.3 Å². The summed E-state index contributed by atoms with van der Waals surface area (Å²) in [4.78, 5) is 0.448. The van der Waals surface area contributed by atoms with E-state index < -0.39 is 0 Å². The molecule has 0 saturated carbocycles. The number of thiocarbonyl (C=S) groups is 1. The molecule has 0 aromatic heterocycles. The monoisotopic (exact) mass is 229 g/mol. The van der Waals surface area contributed by atoms with Gasteiger partial charge in [-0.05, 0) is 18.6 Å². The molecule has 2 N–H and O–H groups in total. The summed E-state index contributed by atoms with van der Waals surface area (Å²) in [6, 6.07) is 5.81. The van der Waals surface area contributed by atoms with Crippen molar-refractivity contribution in [3.05, 3.63) is 33.8 Å². The third-order valence-corrected chi connectivity index (χ3v) is 2.61. The molecule has 11 heavy (non-hydrogen) atoms. The van der Waals surface area contributed by atoms with Crippen molar-refractivity contribution in [2.75, 3.05) is 0 Å². The van der Waals surface area contributed by atoms with Gasteiger partial charge >= 0.3 is 0 Å². The second-order valence-electron chi connectivity index (χ2n) is 2.28. The maximum Gasteiger partial charge on any atom is 0.104 e. The molecular formula is C8H8BrNS. The molecule has 1 aromatic rings. The fourth-order valence-electron chi connectivity index (χ4n) is 0.874. The van der Waals surface area contributed by atoms with Gasteiger partial charge in [-0.15, -0.1) is 0 Å². The molecule has 0 aliphatic heterocycles. The Morgan fingerprint density at radius 2 is 2.18 bits per heavy atom. The normalized spacial score (nSPS) is 9.64. The second kappa shape index (κ2) is 3.32. The first kappa shape index (κ1) is 8.68. The summed E-state index contributed by atoms with van der Waals surface area (Å²) in [5, 5.41) is 0. The van der Waals surface area contributed by atoms with E-state index in [2.05, 4.69) is 15.9 Å². The smallest absolute Gasteiger partial charge is 0.104 e. The summed E-state index contributed by atoms with van der Waals surface area (Å²) in [6.07, 6.45) is 0. The molecule has 1 rings (SSSR count). The van der Waals surface area contributed by atoms with E-state index in [4.69, 9.17) is 18.0 Å². The Morgan fingerprint density at radius 1 is 1.55 bits per heavy atom. The Morgan fingerprint density at radius 3 is 2.64 bits per heavy atom. The lowest BCUT2D eigenvalue weighted by atomic mass is 10.1. The van der Waals surface area contributed by atoms with E-state index >= 15 is 0 Å². The van der Waals surface area contributed by atoms with E-state index in [1.165, 1.54) is 0 Å². The minimum Gasteiger partial charge on any atom is -0.389 e. The van der Waals surface area contributed by atoms with Crippen molar-refractivity contribution in [3.8, 4) is 0 Å².